The quantitative estimate of drug-likeness (QED) is 0.184. The Kier molecular flexibility index (Phi) is 11.0. The Morgan fingerprint density at radius 2 is 1.71 bits per heavy atom. The highest BCUT2D eigenvalue weighted by molar-refractivity contribution is 6.00. The molecular formula is C46H54N12O5. The van der Waals surface area contributed by atoms with Crippen LogP contribution in [0.15, 0.2) is 59.7 Å². The molecule has 0 bridgehead atoms. The van der Waals surface area contributed by atoms with Crippen LogP contribution >= 0.6 is 0 Å². The van der Waals surface area contributed by atoms with Gasteiger partial charge in [0.25, 0.3) is 0 Å². The zero-order valence-corrected chi connectivity index (χ0v) is 35.9. The number of para-hydroxylation sites is 1. The molecule has 2 aromatic carbocycles. The number of piperidine rings is 2. The van der Waals surface area contributed by atoms with Crippen LogP contribution in [0.5, 0.6) is 5.88 Å². The molecule has 3 N–H and O–H groups in total. The first-order valence-corrected chi connectivity index (χ1v) is 22.2. The lowest BCUT2D eigenvalue weighted by Gasteiger charge is -2.37. The zero-order valence-electron chi connectivity index (χ0n) is 35.9. The normalized spacial score (nSPS) is 19.9. The van der Waals surface area contributed by atoms with Gasteiger partial charge >= 0.3 is 5.69 Å². The lowest BCUT2D eigenvalue weighted by Crippen LogP contribution is -2.51. The molecule has 3 amide bonds. The summed E-state index contributed by atoms with van der Waals surface area (Å²) in [6.07, 6.45) is 6.97. The van der Waals surface area contributed by atoms with Crippen LogP contribution < -0.4 is 31.3 Å². The number of amides is 3. The van der Waals surface area contributed by atoms with Gasteiger partial charge in [0.05, 0.1) is 41.7 Å². The average Bonchev–Trinajstić information content (AvgIpc) is 3.56. The van der Waals surface area contributed by atoms with Crippen molar-refractivity contribution in [2.24, 2.45) is 7.05 Å². The molecule has 63 heavy (non-hydrogen) atoms. The average molecular weight is 855 g/mol. The van der Waals surface area contributed by atoms with Crippen molar-refractivity contribution in [3.8, 4) is 5.88 Å². The molecule has 1 atom stereocenters. The van der Waals surface area contributed by atoms with E-state index in [1.54, 1.807) is 16.2 Å². The molecule has 0 aliphatic carbocycles. The SMILES string of the molecule is Cc1c(N2CCc3cnc(Nc4ccc(CN5CCN(C(=O)CN6CCC(c7cccc8c7n(C)c(=O)n8C7CCC(=O)NC7=O)CC6)CC5)cc4)nc3C2)cnc2c1NCCO2. The topological polar surface area (TPSA) is 175 Å². The van der Waals surface area contributed by atoms with Crippen molar-refractivity contribution in [1.82, 2.24) is 44.1 Å². The summed E-state index contributed by atoms with van der Waals surface area (Å²) in [6.45, 7) is 10.9. The third-order valence-electron chi connectivity index (χ3n) is 13.6. The van der Waals surface area contributed by atoms with Crippen molar-refractivity contribution < 1.29 is 19.1 Å². The number of imidazole rings is 1. The zero-order chi connectivity index (χ0) is 43.2. The van der Waals surface area contributed by atoms with E-state index in [1.807, 2.05) is 29.4 Å². The first-order chi connectivity index (χ1) is 30.7. The number of nitrogens with zero attached hydrogens (tertiary/aromatic N) is 9. The number of nitrogens with one attached hydrogen (secondary N) is 3. The fourth-order valence-corrected chi connectivity index (χ4v) is 10.1. The first kappa shape index (κ1) is 40.7. The molecule has 1 unspecified atom stereocenters. The molecule has 5 aliphatic rings. The van der Waals surface area contributed by atoms with Gasteiger partial charge in [-0.2, -0.15) is 0 Å². The summed E-state index contributed by atoms with van der Waals surface area (Å²) in [5, 5.41) is 9.24. The number of hydrogen-bond donors (Lipinski definition) is 3. The number of fused-ring (bicyclic) bond motifs is 3. The lowest BCUT2D eigenvalue weighted by molar-refractivity contribution is -0.136. The van der Waals surface area contributed by atoms with E-state index in [4.69, 9.17) is 9.72 Å². The predicted molar refractivity (Wildman–Crippen MR) is 238 cm³/mol. The van der Waals surface area contributed by atoms with E-state index < -0.39 is 11.9 Å². The Hall–Kier alpha value is -6.33. The van der Waals surface area contributed by atoms with Crippen molar-refractivity contribution in [3.05, 3.63) is 93.3 Å². The Labute approximate surface area is 365 Å². The fourth-order valence-electron chi connectivity index (χ4n) is 10.1. The van der Waals surface area contributed by atoms with Gasteiger partial charge in [-0.3, -0.25) is 38.6 Å². The second-order valence-corrected chi connectivity index (χ2v) is 17.5. The van der Waals surface area contributed by atoms with Gasteiger partial charge < -0.3 is 25.2 Å². The molecule has 5 aromatic rings. The predicted octanol–water partition coefficient (Wildman–Crippen LogP) is 3.45. The summed E-state index contributed by atoms with van der Waals surface area (Å²) < 4.78 is 8.93. The number of likely N-dealkylation sites (tertiary alicyclic amines) is 1. The highest BCUT2D eigenvalue weighted by Crippen LogP contribution is 2.37. The third kappa shape index (κ3) is 8.10. The smallest absolute Gasteiger partial charge is 0.329 e. The molecule has 328 valence electrons. The van der Waals surface area contributed by atoms with Crippen LogP contribution in [0.3, 0.4) is 0 Å². The highest BCUT2D eigenvalue weighted by atomic mass is 16.5. The van der Waals surface area contributed by atoms with Crippen molar-refractivity contribution in [2.45, 2.75) is 64.1 Å². The van der Waals surface area contributed by atoms with Crippen LogP contribution in [0.4, 0.5) is 23.0 Å². The Morgan fingerprint density at radius 1 is 0.905 bits per heavy atom. The summed E-state index contributed by atoms with van der Waals surface area (Å²) in [7, 11) is 1.75. The molecule has 3 aromatic heterocycles. The summed E-state index contributed by atoms with van der Waals surface area (Å²) in [5.41, 5.74) is 9.92. The van der Waals surface area contributed by atoms with Gasteiger partial charge in [0.1, 0.15) is 18.3 Å². The highest BCUT2D eigenvalue weighted by Gasteiger charge is 2.33. The molecule has 5 aliphatic heterocycles. The maximum absolute atomic E-state index is 13.5. The monoisotopic (exact) mass is 854 g/mol. The van der Waals surface area contributed by atoms with E-state index >= 15 is 0 Å². The number of aryl methyl sites for hydroxylation is 1. The molecule has 3 saturated heterocycles. The summed E-state index contributed by atoms with van der Waals surface area (Å²) in [5.74, 6) is 0.908. The van der Waals surface area contributed by atoms with Crippen LogP contribution in [-0.2, 0) is 40.9 Å². The van der Waals surface area contributed by atoms with Crippen molar-refractivity contribution in [1.29, 1.82) is 0 Å². The maximum Gasteiger partial charge on any atom is 0.329 e. The molecule has 3 fully saturated rings. The number of aromatic nitrogens is 5. The first-order valence-electron chi connectivity index (χ1n) is 22.2. The van der Waals surface area contributed by atoms with Gasteiger partial charge in [-0.25, -0.2) is 19.7 Å². The van der Waals surface area contributed by atoms with Gasteiger partial charge in [-0.05, 0) is 86.5 Å². The van der Waals surface area contributed by atoms with E-state index in [0.29, 0.717) is 56.6 Å². The summed E-state index contributed by atoms with van der Waals surface area (Å²) in [4.78, 5) is 74.6. The van der Waals surface area contributed by atoms with E-state index in [1.165, 1.54) is 11.1 Å². The van der Waals surface area contributed by atoms with Gasteiger partial charge in [-0.15, -0.1) is 0 Å². The maximum atomic E-state index is 13.5. The number of imide groups is 1. The Balaban J connectivity index is 0.688. The number of anilines is 4. The van der Waals surface area contributed by atoms with Crippen LogP contribution in [-0.4, -0.2) is 122 Å². The van der Waals surface area contributed by atoms with Crippen LogP contribution in [0, 0.1) is 6.92 Å². The Bertz CT molecular complexity index is 2630. The minimum absolute atomic E-state index is 0.171. The number of hydrogen-bond acceptors (Lipinski definition) is 13. The molecule has 17 heteroatoms. The number of pyridine rings is 1. The number of carbonyl (C=O) groups is 3. The van der Waals surface area contributed by atoms with Crippen molar-refractivity contribution in [3.63, 3.8) is 0 Å². The van der Waals surface area contributed by atoms with Gasteiger partial charge in [0, 0.05) is 76.7 Å². The van der Waals surface area contributed by atoms with Gasteiger partial charge in [0.2, 0.25) is 29.5 Å². The number of rotatable bonds is 9. The van der Waals surface area contributed by atoms with E-state index in [2.05, 4.69) is 77.9 Å². The molecule has 0 radical (unpaired) electrons. The largest absolute Gasteiger partial charge is 0.474 e. The number of benzene rings is 2. The second kappa shape index (κ2) is 17.1. The summed E-state index contributed by atoms with van der Waals surface area (Å²) >= 11 is 0. The van der Waals surface area contributed by atoms with E-state index in [0.717, 1.165) is 104 Å². The number of ether oxygens (including phenoxy) is 1. The lowest BCUT2D eigenvalue weighted by atomic mass is 9.88. The van der Waals surface area contributed by atoms with Crippen LogP contribution in [0.1, 0.15) is 65.6 Å². The Morgan fingerprint density at radius 3 is 2.51 bits per heavy atom. The van der Waals surface area contributed by atoms with Crippen molar-refractivity contribution in [2.75, 3.05) is 81.0 Å². The minimum Gasteiger partial charge on any atom is -0.474 e. The molecule has 8 heterocycles. The number of carbonyl (C=O) groups excluding carboxylic acids is 3. The second-order valence-electron chi connectivity index (χ2n) is 17.5. The van der Waals surface area contributed by atoms with E-state index in [-0.39, 0.29) is 29.8 Å². The standard InChI is InChI=1S/C46H54N12O5/c1-29-38(25-48-44-41(29)47-15-23-63-44)57-18-14-32-24-49-45(51-35(32)27-57)50-33-8-6-30(7-9-33)26-55-19-21-56(22-20-55)40(60)28-54-16-12-31(13-17-54)34-4-3-5-36-42(34)53(2)46(62)58(36)37-10-11-39(59)52-43(37)61/h3-9,24-25,31,37,47H,10-23,26-28H2,1-2H3,(H,49,50,51)(H,52,59,61). The number of piperazine rings is 1. The van der Waals surface area contributed by atoms with Gasteiger partial charge in [-0.1, -0.05) is 24.3 Å². The van der Waals surface area contributed by atoms with Crippen molar-refractivity contribution >= 4 is 51.8 Å². The minimum atomic E-state index is -0.710. The molecular weight excluding hydrogens is 801 g/mol. The third-order valence-corrected chi connectivity index (χ3v) is 13.6. The molecule has 17 nitrogen and oxygen atoms in total. The fraction of sp³-hybridized carbons (Fsp3) is 0.457. The molecule has 10 rings (SSSR count). The van der Waals surface area contributed by atoms with Crippen LogP contribution in [0.2, 0.25) is 0 Å². The summed E-state index contributed by atoms with van der Waals surface area (Å²) in [6, 6.07) is 13.6. The molecule has 0 saturated carbocycles. The van der Waals surface area contributed by atoms with Gasteiger partial charge in [0.15, 0.2) is 0 Å². The molecule has 0 spiro atoms. The van der Waals surface area contributed by atoms with Crippen LogP contribution in [0.25, 0.3) is 11.0 Å². The van der Waals surface area contributed by atoms with E-state index in [9.17, 15) is 19.2 Å².